The van der Waals surface area contributed by atoms with Gasteiger partial charge < -0.3 is 15.0 Å². The number of nitrogens with two attached hydrogens (primary N) is 1. The Labute approximate surface area is 182 Å². The van der Waals surface area contributed by atoms with Gasteiger partial charge in [-0.3, -0.25) is 0 Å². The van der Waals surface area contributed by atoms with Crippen LogP contribution in [-0.4, -0.2) is 27.7 Å². The Morgan fingerprint density at radius 2 is 1.87 bits per heavy atom. The van der Waals surface area contributed by atoms with Crippen LogP contribution >= 0.6 is 12.4 Å². The summed E-state index contributed by atoms with van der Waals surface area (Å²) >= 11 is 0. The molecule has 0 unspecified atom stereocenters. The highest BCUT2D eigenvalue weighted by Crippen LogP contribution is 2.26. The normalized spacial score (nSPS) is 10.8. The van der Waals surface area contributed by atoms with Crippen LogP contribution in [0.25, 0.3) is 21.9 Å². The standard InChI is InChI=1S/C24H24N4O.ClH/c1-17(2)19-10-4-3-8-18(19)9-7-14-29-15-13-28-16-26-22-23(28)20-11-5-6-12-21(20)27-24(22)25;/h3-6,8,10-12,16-17H,13-15H2,1-2H3,(H2,25,27);1H. The minimum atomic E-state index is 0. The number of pyridine rings is 1. The maximum Gasteiger partial charge on any atom is 0.152 e. The van der Waals surface area contributed by atoms with Crippen molar-refractivity contribution in [1.82, 2.24) is 14.5 Å². The molecule has 5 nitrogen and oxygen atoms in total. The summed E-state index contributed by atoms with van der Waals surface area (Å²) in [5, 5.41) is 1.04. The van der Waals surface area contributed by atoms with E-state index in [4.69, 9.17) is 10.5 Å². The number of para-hydroxylation sites is 1. The van der Waals surface area contributed by atoms with E-state index in [1.165, 1.54) is 5.56 Å². The lowest BCUT2D eigenvalue weighted by atomic mass is 9.98. The van der Waals surface area contributed by atoms with Crippen molar-refractivity contribution in [2.75, 3.05) is 18.9 Å². The van der Waals surface area contributed by atoms with E-state index in [0.717, 1.165) is 27.5 Å². The minimum absolute atomic E-state index is 0. The molecule has 0 amide bonds. The first-order valence-corrected chi connectivity index (χ1v) is 9.79. The molecule has 2 aromatic heterocycles. The van der Waals surface area contributed by atoms with Gasteiger partial charge in [0.2, 0.25) is 0 Å². The summed E-state index contributed by atoms with van der Waals surface area (Å²) in [4.78, 5) is 8.88. The first-order valence-electron chi connectivity index (χ1n) is 9.79. The molecule has 0 saturated carbocycles. The van der Waals surface area contributed by atoms with Gasteiger partial charge in [-0.15, -0.1) is 12.4 Å². The van der Waals surface area contributed by atoms with E-state index in [9.17, 15) is 0 Å². The third kappa shape index (κ3) is 4.40. The van der Waals surface area contributed by atoms with Crippen LogP contribution in [0.3, 0.4) is 0 Å². The zero-order valence-electron chi connectivity index (χ0n) is 17.1. The topological polar surface area (TPSA) is 66.0 Å². The van der Waals surface area contributed by atoms with E-state index >= 15 is 0 Å². The van der Waals surface area contributed by atoms with Crippen LogP contribution in [0, 0.1) is 11.8 Å². The van der Waals surface area contributed by atoms with Gasteiger partial charge in [0.15, 0.2) is 5.82 Å². The Morgan fingerprint density at radius 3 is 2.70 bits per heavy atom. The molecular weight excluding hydrogens is 396 g/mol. The quantitative estimate of drug-likeness (QED) is 0.372. The summed E-state index contributed by atoms with van der Waals surface area (Å²) < 4.78 is 7.82. The molecule has 4 aromatic rings. The molecule has 4 rings (SSSR count). The highest BCUT2D eigenvalue weighted by Gasteiger charge is 2.11. The average molecular weight is 421 g/mol. The number of nitrogen functional groups attached to an aromatic ring is 1. The Morgan fingerprint density at radius 1 is 1.10 bits per heavy atom. The number of hydrogen-bond acceptors (Lipinski definition) is 4. The van der Waals surface area contributed by atoms with E-state index < -0.39 is 0 Å². The molecule has 0 radical (unpaired) electrons. The number of rotatable bonds is 5. The van der Waals surface area contributed by atoms with Crippen molar-refractivity contribution in [2.24, 2.45) is 0 Å². The van der Waals surface area contributed by atoms with Gasteiger partial charge in [0.05, 0.1) is 24.0 Å². The second-order valence-electron chi connectivity index (χ2n) is 7.25. The summed E-state index contributed by atoms with van der Waals surface area (Å²) in [6.45, 7) is 5.97. The summed E-state index contributed by atoms with van der Waals surface area (Å²) in [5.74, 6) is 7.26. The van der Waals surface area contributed by atoms with Gasteiger partial charge in [0.25, 0.3) is 0 Å². The molecule has 6 heteroatoms. The van der Waals surface area contributed by atoms with Crippen molar-refractivity contribution in [2.45, 2.75) is 26.3 Å². The highest BCUT2D eigenvalue weighted by atomic mass is 35.5. The molecule has 0 atom stereocenters. The molecule has 0 aliphatic rings. The van der Waals surface area contributed by atoms with Gasteiger partial charge in [0, 0.05) is 17.5 Å². The molecule has 0 aliphatic heterocycles. The SMILES string of the molecule is CC(C)c1ccccc1C#CCOCCn1cnc2c(N)nc3ccccc3c21.Cl. The van der Waals surface area contributed by atoms with Crippen molar-refractivity contribution < 1.29 is 4.74 Å². The average Bonchev–Trinajstić information content (AvgIpc) is 3.16. The van der Waals surface area contributed by atoms with Gasteiger partial charge >= 0.3 is 0 Å². The van der Waals surface area contributed by atoms with Crippen LogP contribution in [-0.2, 0) is 11.3 Å². The molecule has 0 aliphatic carbocycles. The summed E-state index contributed by atoms with van der Waals surface area (Å²) in [7, 11) is 0. The number of aromatic nitrogens is 3. The molecule has 0 spiro atoms. The molecule has 2 heterocycles. The summed E-state index contributed by atoms with van der Waals surface area (Å²) in [5.41, 5.74) is 11.0. The van der Waals surface area contributed by atoms with Gasteiger partial charge in [0.1, 0.15) is 12.1 Å². The van der Waals surface area contributed by atoms with Crippen molar-refractivity contribution in [3.8, 4) is 11.8 Å². The first-order chi connectivity index (χ1) is 14.1. The summed E-state index contributed by atoms with van der Waals surface area (Å²) in [6.07, 6.45) is 1.79. The summed E-state index contributed by atoms with van der Waals surface area (Å²) in [6, 6.07) is 16.2. The lowest BCUT2D eigenvalue weighted by molar-refractivity contribution is 0.158. The molecule has 0 bridgehead atoms. The van der Waals surface area contributed by atoms with Crippen molar-refractivity contribution in [1.29, 1.82) is 0 Å². The van der Waals surface area contributed by atoms with Crippen LogP contribution in [0.2, 0.25) is 0 Å². The maximum absolute atomic E-state index is 6.08. The van der Waals surface area contributed by atoms with Gasteiger partial charge in [-0.05, 0) is 23.6 Å². The lowest BCUT2D eigenvalue weighted by Crippen LogP contribution is -2.06. The van der Waals surface area contributed by atoms with Crippen LogP contribution in [0.4, 0.5) is 5.82 Å². The first kappa shape index (κ1) is 21.6. The molecule has 30 heavy (non-hydrogen) atoms. The molecule has 2 N–H and O–H groups in total. The van der Waals surface area contributed by atoms with Gasteiger partial charge in [-0.25, -0.2) is 9.97 Å². The van der Waals surface area contributed by atoms with Crippen molar-refractivity contribution in [3.63, 3.8) is 0 Å². The van der Waals surface area contributed by atoms with Gasteiger partial charge in [-0.1, -0.05) is 62.1 Å². The Balaban J connectivity index is 0.00000256. The zero-order valence-corrected chi connectivity index (χ0v) is 17.9. The van der Waals surface area contributed by atoms with Crippen LogP contribution in [0.15, 0.2) is 54.9 Å². The number of hydrogen-bond donors (Lipinski definition) is 1. The predicted molar refractivity (Wildman–Crippen MR) is 125 cm³/mol. The second kappa shape index (κ2) is 9.62. The molecule has 154 valence electrons. The smallest absolute Gasteiger partial charge is 0.152 e. The zero-order chi connectivity index (χ0) is 20.2. The van der Waals surface area contributed by atoms with Crippen molar-refractivity contribution >= 4 is 40.2 Å². The van der Waals surface area contributed by atoms with E-state index in [1.54, 1.807) is 6.33 Å². The Bertz CT molecular complexity index is 1220. The minimum Gasteiger partial charge on any atom is -0.382 e. The Hall–Kier alpha value is -3.07. The fraction of sp³-hybridized carbons (Fsp3) is 0.250. The largest absolute Gasteiger partial charge is 0.382 e. The van der Waals surface area contributed by atoms with E-state index in [-0.39, 0.29) is 12.4 Å². The molecule has 0 saturated heterocycles. The van der Waals surface area contributed by atoms with Crippen LogP contribution in [0.5, 0.6) is 0 Å². The number of ether oxygens (including phenoxy) is 1. The number of halogens is 1. The van der Waals surface area contributed by atoms with E-state index in [1.807, 2.05) is 30.3 Å². The van der Waals surface area contributed by atoms with Gasteiger partial charge in [-0.2, -0.15) is 0 Å². The van der Waals surface area contributed by atoms with Crippen molar-refractivity contribution in [3.05, 3.63) is 66.0 Å². The highest BCUT2D eigenvalue weighted by molar-refractivity contribution is 6.06. The molecule has 0 fully saturated rings. The fourth-order valence-electron chi connectivity index (χ4n) is 3.51. The number of benzene rings is 2. The molecule has 2 aromatic carbocycles. The predicted octanol–water partition coefficient (Wildman–Crippen LogP) is 4.78. The monoisotopic (exact) mass is 420 g/mol. The maximum atomic E-state index is 6.08. The fourth-order valence-corrected chi connectivity index (χ4v) is 3.51. The number of nitrogens with zero attached hydrogens (tertiary/aromatic N) is 3. The third-order valence-electron chi connectivity index (χ3n) is 4.94. The number of anilines is 1. The second-order valence-corrected chi connectivity index (χ2v) is 7.25. The number of fused-ring (bicyclic) bond motifs is 3. The number of imidazole rings is 1. The Kier molecular flexibility index (Phi) is 6.94. The molecular formula is C24H25ClN4O. The van der Waals surface area contributed by atoms with E-state index in [2.05, 4.69) is 58.4 Å². The van der Waals surface area contributed by atoms with E-state index in [0.29, 0.717) is 31.5 Å². The van der Waals surface area contributed by atoms with Crippen LogP contribution < -0.4 is 5.73 Å². The third-order valence-corrected chi connectivity index (χ3v) is 4.94. The van der Waals surface area contributed by atoms with Crippen LogP contribution in [0.1, 0.15) is 30.9 Å². The lowest BCUT2D eigenvalue weighted by Gasteiger charge is -2.08.